The maximum absolute atomic E-state index is 13.4. The van der Waals surface area contributed by atoms with Crippen LogP contribution in [0.15, 0.2) is 48.5 Å². The molecule has 2 saturated heterocycles. The number of rotatable bonds is 6. The quantitative estimate of drug-likeness (QED) is 0.409. The minimum absolute atomic E-state index is 0.0485. The molecule has 0 radical (unpaired) electrons. The average Bonchev–Trinajstić information content (AvgIpc) is 3.22. The van der Waals surface area contributed by atoms with Crippen LogP contribution >= 0.6 is 0 Å². The molecule has 1 amide bonds. The van der Waals surface area contributed by atoms with Crippen LogP contribution in [0.1, 0.15) is 60.5 Å². The van der Waals surface area contributed by atoms with Gasteiger partial charge in [0.2, 0.25) is 5.91 Å². The summed E-state index contributed by atoms with van der Waals surface area (Å²) in [4.78, 5) is 14.0. The summed E-state index contributed by atoms with van der Waals surface area (Å²) in [6.45, 7) is 2.85. The second kappa shape index (κ2) is 10.4. The molecule has 2 aliphatic rings. The topological polar surface area (TPSA) is 38.8 Å². The fourth-order valence-corrected chi connectivity index (χ4v) is 4.95. The molecule has 4 atom stereocenters. The SMILES string of the molecule is C[C@@H](O[C@H]1OCC[C@@H](CN2CCCC2=O)[C@@H]1c1ccccc1)c1cc(C(F)(F)F)cc(C(F)(F)F)c1. The molecule has 36 heavy (non-hydrogen) atoms. The van der Waals surface area contributed by atoms with Crippen LogP contribution in [0.2, 0.25) is 0 Å². The van der Waals surface area contributed by atoms with Crippen molar-refractivity contribution in [3.63, 3.8) is 0 Å². The molecule has 0 spiro atoms. The third-order valence-electron chi connectivity index (χ3n) is 6.80. The van der Waals surface area contributed by atoms with E-state index in [0.29, 0.717) is 44.7 Å². The second-order valence-electron chi connectivity index (χ2n) is 9.29. The molecule has 196 valence electrons. The highest BCUT2D eigenvalue weighted by atomic mass is 19.4. The van der Waals surface area contributed by atoms with Gasteiger partial charge in [0, 0.05) is 25.4 Å². The normalized spacial score (nSPS) is 24.2. The Labute approximate surface area is 205 Å². The Balaban J connectivity index is 1.63. The zero-order valence-electron chi connectivity index (χ0n) is 19.6. The first-order valence-corrected chi connectivity index (χ1v) is 11.8. The third-order valence-corrected chi connectivity index (χ3v) is 6.80. The van der Waals surface area contributed by atoms with Crippen molar-refractivity contribution in [2.24, 2.45) is 5.92 Å². The van der Waals surface area contributed by atoms with Gasteiger partial charge in [-0.2, -0.15) is 26.3 Å². The van der Waals surface area contributed by atoms with E-state index in [0.717, 1.165) is 12.0 Å². The molecular formula is C26H27F6NO3. The number of alkyl halides is 6. The predicted octanol–water partition coefficient (Wildman–Crippen LogP) is 6.57. The van der Waals surface area contributed by atoms with Crippen LogP contribution in [-0.4, -0.2) is 36.8 Å². The summed E-state index contributed by atoms with van der Waals surface area (Å²) in [6.07, 6.45) is -10.0. The van der Waals surface area contributed by atoms with E-state index in [2.05, 4.69) is 0 Å². The van der Waals surface area contributed by atoms with Gasteiger partial charge in [0.25, 0.3) is 0 Å². The van der Waals surface area contributed by atoms with Crippen molar-refractivity contribution in [3.8, 4) is 0 Å². The maximum atomic E-state index is 13.4. The summed E-state index contributed by atoms with van der Waals surface area (Å²) in [6, 6.07) is 10.7. The standard InChI is InChI=1S/C26H27F6NO3/c1-16(19-12-20(25(27,28)29)14-21(13-19)26(30,31)32)36-24-23(17-6-3-2-4-7-17)18(9-11-35-24)15-33-10-5-8-22(33)34/h2-4,6-7,12-14,16,18,23-24H,5,8-11,15H2,1H3/t16-,18+,23+,24-/m1/s1. The van der Waals surface area contributed by atoms with Gasteiger partial charge in [0.05, 0.1) is 23.8 Å². The van der Waals surface area contributed by atoms with Gasteiger partial charge in [0.15, 0.2) is 6.29 Å². The van der Waals surface area contributed by atoms with Crippen LogP contribution in [0.25, 0.3) is 0 Å². The Bertz CT molecular complexity index is 1020. The highest BCUT2D eigenvalue weighted by Crippen LogP contribution is 2.42. The molecule has 0 aliphatic carbocycles. The van der Waals surface area contributed by atoms with Gasteiger partial charge in [-0.05, 0) is 55.0 Å². The van der Waals surface area contributed by atoms with Crippen molar-refractivity contribution in [1.82, 2.24) is 4.90 Å². The summed E-state index contributed by atoms with van der Waals surface area (Å²) in [5.74, 6) is -0.334. The smallest absolute Gasteiger partial charge is 0.352 e. The van der Waals surface area contributed by atoms with Gasteiger partial charge < -0.3 is 14.4 Å². The molecule has 10 heteroatoms. The van der Waals surface area contributed by atoms with E-state index < -0.39 is 35.9 Å². The molecular weight excluding hydrogens is 488 g/mol. The zero-order chi connectivity index (χ0) is 26.1. The molecule has 0 unspecified atom stereocenters. The van der Waals surface area contributed by atoms with Crippen LogP contribution in [0.4, 0.5) is 26.3 Å². The fourth-order valence-electron chi connectivity index (χ4n) is 4.95. The molecule has 4 nitrogen and oxygen atoms in total. The number of halogens is 6. The predicted molar refractivity (Wildman–Crippen MR) is 119 cm³/mol. The summed E-state index contributed by atoms with van der Waals surface area (Å²) in [7, 11) is 0. The first-order chi connectivity index (χ1) is 16.9. The van der Waals surface area contributed by atoms with Crippen molar-refractivity contribution in [2.75, 3.05) is 19.7 Å². The number of hydrogen-bond donors (Lipinski definition) is 0. The minimum Gasteiger partial charge on any atom is -0.352 e. The van der Waals surface area contributed by atoms with Crippen LogP contribution < -0.4 is 0 Å². The number of nitrogens with zero attached hydrogens (tertiary/aromatic N) is 1. The van der Waals surface area contributed by atoms with Crippen molar-refractivity contribution < 1.29 is 40.6 Å². The molecule has 0 aromatic heterocycles. The lowest BCUT2D eigenvalue weighted by atomic mass is 9.81. The molecule has 4 rings (SSSR count). The van der Waals surface area contributed by atoms with Crippen molar-refractivity contribution in [2.45, 2.75) is 56.9 Å². The third kappa shape index (κ3) is 6.03. The van der Waals surface area contributed by atoms with E-state index in [1.165, 1.54) is 6.92 Å². The Kier molecular flexibility index (Phi) is 7.66. The van der Waals surface area contributed by atoms with Crippen molar-refractivity contribution >= 4 is 5.91 Å². The van der Waals surface area contributed by atoms with Crippen molar-refractivity contribution in [3.05, 3.63) is 70.8 Å². The maximum Gasteiger partial charge on any atom is 0.416 e. The van der Waals surface area contributed by atoms with Gasteiger partial charge in [-0.15, -0.1) is 0 Å². The lowest BCUT2D eigenvalue weighted by molar-refractivity contribution is -0.210. The lowest BCUT2D eigenvalue weighted by Gasteiger charge is -2.41. The number of carbonyl (C=O) groups is 1. The van der Waals surface area contributed by atoms with Gasteiger partial charge in [-0.25, -0.2) is 0 Å². The molecule has 0 N–H and O–H groups in total. The molecule has 0 bridgehead atoms. The number of likely N-dealkylation sites (tertiary alicyclic amines) is 1. The fraction of sp³-hybridized carbons (Fsp3) is 0.500. The molecule has 0 saturated carbocycles. The zero-order valence-corrected chi connectivity index (χ0v) is 19.6. The number of benzene rings is 2. The minimum atomic E-state index is -4.95. The van der Waals surface area contributed by atoms with Crippen molar-refractivity contribution in [1.29, 1.82) is 0 Å². The number of carbonyl (C=O) groups excluding carboxylic acids is 1. The van der Waals surface area contributed by atoms with Gasteiger partial charge in [0.1, 0.15) is 0 Å². The number of ether oxygens (including phenoxy) is 2. The molecule has 2 fully saturated rings. The molecule has 2 aromatic rings. The van der Waals surface area contributed by atoms with E-state index in [9.17, 15) is 31.1 Å². The molecule has 2 aliphatic heterocycles. The summed E-state index contributed by atoms with van der Waals surface area (Å²) < 4.78 is 92.0. The monoisotopic (exact) mass is 515 g/mol. The van der Waals surface area contributed by atoms with E-state index in [-0.39, 0.29) is 29.4 Å². The highest BCUT2D eigenvalue weighted by molar-refractivity contribution is 5.78. The van der Waals surface area contributed by atoms with E-state index >= 15 is 0 Å². The van der Waals surface area contributed by atoms with Crippen LogP contribution in [-0.2, 0) is 26.6 Å². The Morgan fingerprint density at radius 3 is 2.22 bits per heavy atom. The first kappa shape index (κ1) is 26.5. The van der Waals surface area contributed by atoms with Gasteiger partial charge in [-0.1, -0.05) is 30.3 Å². The summed E-state index contributed by atoms with van der Waals surface area (Å²) >= 11 is 0. The van der Waals surface area contributed by atoms with Gasteiger partial charge in [-0.3, -0.25) is 4.79 Å². The first-order valence-electron chi connectivity index (χ1n) is 11.8. The van der Waals surface area contributed by atoms with E-state index in [1.807, 2.05) is 30.3 Å². The lowest BCUT2D eigenvalue weighted by Crippen LogP contribution is -2.42. The largest absolute Gasteiger partial charge is 0.416 e. The molecule has 2 heterocycles. The second-order valence-corrected chi connectivity index (χ2v) is 9.29. The Morgan fingerprint density at radius 2 is 1.67 bits per heavy atom. The Hall–Kier alpha value is -2.59. The van der Waals surface area contributed by atoms with Gasteiger partial charge >= 0.3 is 12.4 Å². The summed E-state index contributed by atoms with van der Waals surface area (Å²) in [5.41, 5.74) is -2.16. The van der Waals surface area contributed by atoms with E-state index in [4.69, 9.17) is 9.47 Å². The Morgan fingerprint density at radius 1 is 1.03 bits per heavy atom. The molecule has 2 aromatic carbocycles. The van der Waals surface area contributed by atoms with Crippen LogP contribution in [0.5, 0.6) is 0 Å². The summed E-state index contributed by atoms with van der Waals surface area (Å²) in [5, 5.41) is 0. The van der Waals surface area contributed by atoms with E-state index in [1.54, 1.807) is 4.90 Å². The number of amides is 1. The average molecular weight is 515 g/mol. The van der Waals surface area contributed by atoms with Crippen LogP contribution in [0.3, 0.4) is 0 Å². The number of hydrogen-bond acceptors (Lipinski definition) is 3. The van der Waals surface area contributed by atoms with Crippen LogP contribution in [0, 0.1) is 5.92 Å². The highest BCUT2D eigenvalue weighted by Gasteiger charge is 2.41.